The van der Waals surface area contributed by atoms with Crippen LogP contribution in [0.15, 0.2) is 6.07 Å². The summed E-state index contributed by atoms with van der Waals surface area (Å²) >= 11 is 0. The molecule has 3 rings (SSSR count). The van der Waals surface area contributed by atoms with Gasteiger partial charge in [0.05, 0.1) is 11.7 Å². The van der Waals surface area contributed by atoms with Crippen LogP contribution < -0.4 is 0 Å². The van der Waals surface area contributed by atoms with Crippen molar-refractivity contribution in [2.75, 3.05) is 6.54 Å². The zero-order valence-corrected chi connectivity index (χ0v) is 15.3. The second kappa shape index (κ2) is 6.42. The fourth-order valence-electron chi connectivity index (χ4n) is 3.74. The van der Waals surface area contributed by atoms with E-state index in [0.717, 1.165) is 42.9 Å². The number of carbonyl (C=O) groups excluding carboxylic acids is 1. The molecule has 0 spiro atoms. The van der Waals surface area contributed by atoms with Gasteiger partial charge in [-0.05, 0) is 45.1 Å². The second-order valence-electron chi connectivity index (χ2n) is 7.24. The molecule has 1 fully saturated rings. The molecule has 3 heterocycles. The summed E-state index contributed by atoms with van der Waals surface area (Å²) in [6.45, 7) is 9.20. The first kappa shape index (κ1) is 16.7. The minimum Gasteiger partial charge on any atom is -0.330 e. The second-order valence-corrected chi connectivity index (χ2v) is 7.24. The van der Waals surface area contributed by atoms with Crippen molar-refractivity contribution in [3.8, 4) is 0 Å². The van der Waals surface area contributed by atoms with E-state index in [1.54, 1.807) is 0 Å². The number of nitrogens with zero attached hydrogens (tertiary/aromatic N) is 4. The van der Waals surface area contributed by atoms with Gasteiger partial charge in [0.15, 0.2) is 0 Å². The summed E-state index contributed by atoms with van der Waals surface area (Å²) in [4.78, 5) is 14.9. The number of nitrogens with one attached hydrogen (secondary N) is 1. The van der Waals surface area contributed by atoms with Crippen molar-refractivity contribution in [2.24, 2.45) is 13.0 Å². The van der Waals surface area contributed by atoms with Gasteiger partial charge in [0, 0.05) is 30.5 Å². The number of amides is 1. The number of aryl methyl sites for hydroxylation is 2. The summed E-state index contributed by atoms with van der Waals surface area (Å²) in [7, 11) is 1.96. The Kier molecular flexibility index (Phi) is 4.47. The van der Waals surface area contributed by atoms with Crippen molar-refractivity contribution in [1.29, 1.82) is 0 Å². The standard InChI is InChI=1S/C18H27N5O/c1-11(2)9-14-10-15(20-19-14)18(24)23-8-6-7-16(23)17-12(3)21-22(5)13(17)4/h10-11,16H,6-9H2,1-5H3,(H,19,20)/t16-/m0/s1. The van der Waals surface area contributed by atoms with Crippen LogP contribution in [0, 0.1) is 19.8 Å². The van der Waals surface area contributed by atoms with Crippen molar-refractivity contribution >= 4 is 5.91 Å². The monoisotopic (exact) mass is 329 g/mol. The number of rotatable bonds is 4. The molecule has 1 amide bonds. The third-order valence-electron chi connectivity index (χ3n) is 4.89. The van der Waals surface area contributed by atoms with Crippen molar-refractivity contribution < 1.29 is 4.79 Å². The lowest BCUT2D eigenvalue weighted by molar-refractivity contribution is 0.0729. The van der Waals surface area contributed by atoms with Crippen molar-refractivity contribution in [3.63, 3.8) is 0 Å². The maximum absolute atomic E-state index is 13.0. The van der Waals surface area contributed by atoms with E-state index in [2.05, 4.69) is 36.1 Å². The first-order valence-electron chi connectivity index (χ1n) is 8.73. The minimum absolute atomic E-state index is 0.0198. The minimum atomic E-state index is 0.0198. The Balaban J connectivity index is 1.85. The van der Waals surface area contributed by atoms with Gasteiger partial charge in [-0.2, -0.15) is 10.2 Å². The molecule has 1 aliphatic heterocycles. The summed E-state index contributed by atoms with van der Waals surface area (Å²) < 4.78 is 1.90. The van der Waals surface area contributed by atoms with Crippen LogP contribution in [0.3, 0.4) is 0 Å². The molecule has 1 aliphatic rings. The average Bonchev–Trinajstić information content (AvgIpc) is 3.19. The van der Waals surface area contributed by atoms with Gasteiger partial charge >= 0.3 is 0 Å². The van der Waals surface area contributed by atoms with E-state index in [-0.39, 0.29) is 11.9 Å². The van der Waals surface area contributed by atoms with E-state index < -0.39 is 0 Å². The van der Waals surface area contributed by atoms with Crippen molar-refractivity contribution in [2.45, 2.75) is 53.0 Å². The summed E-state index contributed by atoms with van der Waals surface area (Å²) in [5.41, 5.74) is 4.90. The maximum atomic E-state index is 13.0. The average molecular weight is 329 g/mol. The number of likely N-dealkylation sites (tertiary alicyclic amines) is 1. The highest BCUT2D eigenvalue weighted by Gasteiger charge is 2.34. The largest absolute Gasteiger partial charge is 0.330 e. The van der Waals surface area contributed by atoms with Crippen LogP contribution in [0.1, 0.15) is 65.9 Å². The van der Waals surface area contributed by atoms with Crippen LogP contribution in [0.4, 0.5) is 0 Å². The SMILES string of the molecule is Cc1nn(C)c(C)c1[C@@H]1CCCN1C(=O)c1cc(CC(C)C)[nH]n1. The third kappa shape index (κ3) is 2.97. The fraction of sp³-hybridized carbons (Fsp3) is 0.611. The Labute approximate surface area is 143 Å². The lowest BCUT2D eigenvalue weighted by Gasteiger charge is -2.24. The number of aromatic nitrogens is 4. The quantitative estimate of drug-likeness (QED) is 0.938. The smallest absolute Gasteiger partial charge is 0.274 e. The number of aromatic amines is 1. The maximum Gasteiger partial charge on any atom is 0.274 e. The van der Waals surface area contributed by atoms with Gasteiger partial charge in [-0.15, -0.1) is 0 Å². The summed E-state index contributed by atoms with van der Waals surface area (Å²) in [5, 5.41) is 11.8. The summed E-state index contributed by atoms with van der Waals surface area (Å²) in [5.74, 6) is 0.556. The molecule has 0 radical (unpaired) electrons. The van der Waals surface area contributed by atoms with Gasteiger partial charge in [0.1, 0.15) is 5.69 Å². The number of H-pyrrole nitrogens is 1. The first-order valence-corrected chi connectivity index (χ1v) is 8.73. The molecule has 0 unspecified atom stereocenters. The van der Waals surface area contributed by atoms with E-state index in [1.807, 2.05) is 29.6 Å². The molecule has 6 nitrogen and oxygen atoms in total. The zero-order valence-electron chi connectivity index (χ0n) is 15.3. The van der Waals surface area contributed by atoms with E-state index >= 15 is 0 Å². The van der Waals surface area contributed by atoms with Crippen LogP contribution in [0.25, 0.3) is 0 Å². The zero-order chi connectivity index (χ0) is 17.4. The topological polar surface area (TPSA) is 66.8 Å². The van der Waals surface area contributed by atoms with E-state index in [0.29, 0.717) is 11.6 Å². The molecule has 0 saturated carbocycles. The molecule has 6 heteroatoms. The molecule has 2 aromatic rings. The van der Waals surface area contributed by atoms with Gasteiger partial charge < -0.3 is 4.90 Å². The van der Waals surface area contributed by atoms with Crippen LogP contribution in [0.2, 0.25) is 0 Å². The first-order chi connectivity index (χ1) is 11.4. The molecule has 24 heavy (non-hydrogen) atoms. The molecule has 1 saturated heterocycles. The lowest BCUT2D eigenvalue weighted by atomic mass is 10.0. The predicted molar refractivity (Wildman–Crippen MR) is 92.8 cm³/mol. The summed E-state index contributed by atoms with van der Waals surface area (Å²) in [6.07, 6.45) is 2.92. The van der Waals surface area contributed by atoms with Crippen LogP contribution in [0.5, 0.6) is 0 Å². The van der Waals surface area contributed by atoms with Gasteiger partial charge in [0.2, 0.25) is 0 Å². The van der Waals surface area contributed by atoms with Crippen LogP contribution in [-0.2, 0) is 13.5 Å². The molecular weight excluding hydrogens is 302 g/mol. The van der Waals surface area contributed by atoms with Gasteiger partial charge in [0.25, 0.3) is 5.91 Å². The molecule has 2 aromatic heterocycles. The van der Waals surface area contributed by atoms with Crippen molar-refractivity contribution in [1.82, 2.24) is 24.9 Å². The van der Waals surface area contributed by atoms with Crippen LogP contribution >= 0.6 is 0 Å². The molecule has 0 aromatic carbocycles. The fourth-order valence-corrected chi connectivity index (χ4v) is 3.74. The molecule has 130 valence electrons. The Morgan fingerprint density at radius 1 is 1.42 bits per heavy atom. The normalized spacial score (nSPS) is 17.9. The van der Waals surface area contributed by atoms with E-state index in [4.69, 9.17) is 0 Å². The number of hydrogen-bond donors (Lipinski definition) is 1. The highest BCUT2D eigenvalue weighted by molar-refractivity contribution is 5.93. The highest BCUT2D eigenvalue weighted by Crippen LogP contribution is 2.36. The molecule has 0 aliphatic carbocycles. The molecule has 0 bridgehead atoms. The Hall–Kier alpha value is -2.11. The number of hydrogen-bond acceptors (Lipinski definition) is 3. The van der Waals surface area contributed by atoms with E-state index in [9.17, 15) is 4.79 Å². The van der Waals surface area contributed by atoms with Gasteiger partial charge in [-0.25, -0.2) is 0 Å². The van der Waals surface area contributed by atoms with Gasteiger partial charge in [-0.1, -0.05) is 13.8 Å². The summed E-state index contributed by atoms with van der Waals surface area (Å²) in [6, 6.07) is 2.01. The predicted octanol–water partition coefficient (Wildman–Crippen LogP) is 2.94. The molecule has 1 N–H and O–H groups in total. The molecular formula is C18H27N5O. The van der Waals surface area contributed by atoms with E-state index in [1.165, 1.54) is 5.56 Å². The Bertz CT molecular complexity index is 743. The Morgan fingerprint density at radius 3 is 2.79 bits per heavy atom. The number of carbonyl (C=O) groups is 1. The third-order valence-corrected chi connectivity index (χ3v) is 4.89. The van der Waals surface area contributed by atoms with Crippen molar-refractivity contribution in [3.05, 3.63) is 34.4 Å². The molecule has 1 atom stereocenters. The lowest BCUT2D eigenvalue weighted by Crippen LogP contribution is -2.31. The van der Waals surface area contributed by atoms with Gasteiger partial charge in [-0.3, -0.25) is 14.6 Å². The highest BCUT2D eigenvalue weighted by atomic mass is 16.2. The van der Waals surface area contributed by atoms with Crippen LogP contribution in [-0.4, -0.2) is 37.3 Å². The Morgan fingerprint density at radius 2 is 2.17 bits per heavy atom.